The van der Waals surface area contributed by atoms with E-state index >= 15 is 0 Å². The maximum absolute atomic E-state index is 12.4. The van der Waals surface area contributed by atoms with Crippen LogP contribution in [-0.2, 0) is 14.3 Å². The molecule has 7 nitrogen and oxygen atoms in total. The number of likely N-dealkylation sites (tertiary alicyclic amines) is 1. The fourth-order valence-electron chi connectivity index (χ4n) is 2.83. The lowest BCUT2D eigenvalue weighted by Crippen LogP contribution is -2.43. The molecule has 30 heavy (non-hydrogen) atoms. The van der Waals surface area contributed by atoms with E-state index in [1.54, 1.807) is 41.3 Å². The van der Waals surface area contributed by atoms with Crippen LogP contribution in [0.1, 0.15) is 50.9 Å². The molecule has 2 rings (SSSR count). The fourth-order valence-corrected chi connectivity index (χ4v) is 2.83. The van der Waals surface area contributed by atoms with Crippen LogP contribution in [0.5, 0.6) is 0 Å². The van der Waals surface area contributed by atoms with Crippen LogP contribution in [0, 0.1) is 0 Å². The van der Waals surface area contributed by atoms with Crippen molar-refractivity contribution in [3.63, 3.8) is 0 Å². The first kappa shape index (κ1) is 23.2. The highest BCUT2D eigenvalue weighted by Crippen LogP contribution is 2.19. The summed E-state index contributed by atoms with van der Waals surface area (Å²) in [6.45, 7) is 8.32. The molecule has 1 N–H and O–H groups in total. The molecule has 162 valence electrons. The Morgan fingerprint density at radius 3 is 2.27 bits per heavy atom. The summed E-state index contributed by atoms with van der Waals surface area (Å²) < 4.78 is 10.9. The zero-order chi connectivity index (χ0) is 22.1. The number of hydrogen-bond acceptors (Lipinski definition) is 5. The van der Waals surface area contributed by atoms with Crippen LogP contribution in [0.15, 0.2) is 48.6 Å². The van der Waals surface area contributed by atoms with Crippen LogP contribution >= 0.6 is 0 Å². The number of carbonyl (C=O) groups excluding carboxylic acids is 3. The van der Waals surface area contributed by atoms with Gasteiger partial charge in [0.1, 0.15) is 11.7 Å². The maximum Gasteiger partial charge on any atom is 0.410 e. The van der Waals surface area contributed by atoms with Gasteiger partial charge in [0, 0.05) is 37.7 Å². The quantitative estimate of drug-likeness (QED) is 0.441. The van der Waals surface area contributed by atoms with Gasteiger partial charge in [-0.1, -0.05) is 18.2 Å². The number of hydrogen-bond donors (Lipinski definition) is 1. The Balaban J connectivity index is 1.81. The Morgan fingerprint density at radius 2 is 1.70 bits per heavy atom. The Labute approximate surface area is 177 Å². The smallest absolute Gasteiger partial charge is 0.410 e. The van der Waals surface area contributed by atoms with Crippen LogP contribution in [0.3, 0.4) is 0 Å². The molecule has 1 heterocycles. The second-order valence-electron chi connectivity index (χ2n) is 8.02. The molecule has 1 aromatic carbocycles. The summed E-state index contributed by atoms with van der Waals surface area (Å²) in [5.41, 5.74) is 0.467. The van der Waals surface area contributed by atoms with Crippen molar-refractivity contribution in [1.29, 1.82) is 0 Å². The minimum Gasteiger partial charge on any atom is -0.459 e. The van der Waals surface area contributed by atoms with Crippen LogP contribution in [0.4, 0.5) is 10.5 Å². The third kappa shape index (κ3) is 7.73. The van der Waals surface area contributed by atoms with Gasteiger partial charge in [-0.15, -0.1) is 0 Å². The van der Waals surface area contributed by atoms with Gasteiger partial charge in [0.2, 0.25) is 5.91 Å². The summed E-state index contributed by atoms with van der Waals surface area (Å²) in [4.78, 5) is 37.9. The molecule has 1 fully saturated rings. The number of amides is 2. The highest BCUT2D eigenvalue weighted by molar-refractivity contribution is 5.99. The molecule has 0 aliphatic carbocycles. The number of allylic oxidation sites excluding steroid dienone is 3. The first-order chi connectivity index (χ1) is 14.2. The molecule has 0 bridgehead atoms. The summed E-state index contributed by atoms with van der Waals surface area (Å²) in [5.74, 6) is -0.670. The SMILES string of the molecule is C/C=C/C=C/C(=O)Nc1ccc(C(=O)OC2CCN(C(=O)OC(C)(C)C)CC2)cc1. The molecule has 0 saturated carbocycles. The lowest BCUT2D eigenvalue weighted by atomic mass is 10.1. The summed E-state index contributed by atoms with van der Waals surface area (Å²) in [7, 11) is 0. The number of anilines is 1. The number of nitrogens with one attached hydrogen (secondary N) is 1. The van der Waals surface area contributed by atoms with Crippen molar-refractivity contribution in [2.45, 2.75) is 52.2 Å². The van der Waals surface area contributed by atoms with E-state index in [0.29, 0.717) is 37.2 Å². The van der Waals surface area contributed by atoms with E-state index in [1.807, 2.05) is 33.8 Å². The lowest BCUT2D eigenvalue weighted by Gasteiger charge is -2.33. The number of piperidine rings is 1. The van der Waals surface area contributed by atoms with Crippen molar-refractivity contribution >= 4 is 23.7 Å². The first-order valence-corrected chi connectivity index (χ1v) is 10.1. The summed E-state index contributed by atoms with van der Waals surface area (Å²) >= 11 is 0. The normalized spacial score (nSPS) is 15.4. The number of ether oxygens (including phenoxy) is 2. The summed E-state index contributed by atoms with van der Waals surface area (Å²) in [6, 6.07) is 6.54. The minimum absolute atomic E-state index is 0.243. The van der Waals surface area contributed by atoms with Crippen molar-refractivity contribution < 1.29 is 23.9 Å². The molecule has 1 aliphatic heterocycles. The molecule has 1 saturated heterocycles. The van der Waals surface area contributed by atoms with E-state index in [1.165, 1.54) is 6.08 Å². The van der Waals surface area contributed by atoms with Crippen LogP contribution < -0.4 is 5.32 Å². The summed E-state index contributed by atoms with van der Waals surface area (Å²) in [6.07, 6.45) is 7.20. The molecule has 0 spiro atoms. The predicted octanol–water partition coefficient (Wildman–Crippen LogP) is 4.31. The van der Waals surface area contributed by atoms with Crippen LogP contribution in [0.2, 0.25) is 0 Å². The van der Waals surface area contributed by atoms with Gasteiger partial charge in [-0.3, -0.25) is 4.79 Å². The highest BCUT2D eigenvalue weighted by Gasteiger charge is 2.28. The molecule has 0 atom stereocenters. The number of nitrogens with zero attached hydrogens (tertiary/aromatic N) is 1. The molecule has 0 aromatic heterocycles. The second-order valence-corrected chi connectivity index (χ2v) is 8.02. The van der Waals surface area contributed by atoms with Gasteiger partial charge in [0.15, 0.2) is 0 Å². The molecule has 0 radical (unpaired) electrons. The van der Waals surface area contributed by atoms with E-state index in [-0.39, 0.29) is 18.1 Å². The standard InChI is InChI=1S/C23H30N2O5/c1-5-6-7-8-20(26)24-18-11-9-17(10-12-18)21(27)29-19-13-15-25(16-14-19)22(28)30-23(2,3)4/h5-12,19H,13-16H2,1-4H3,(H,24,26)/b6-5+,8-7+. The third-order valence-corrected chi connectivity index (χ3v) is 4.31. The zero-order valence-electron chi connectivity index (χ0n) is 18.0. The van der Waals surface area contributed by atoms with Gasteiger partial charge in [0.05, 0.1) is 5.56 Å². The number of carbonyl (C=O) groups is 3. The van der Waals surface area contributed by atoms with Crippen molar-refractivity contribution in [1.82, 2.24) is 4.90 Å². The second kappa shape index (κ2) is 10.6. The maximum atomic E-state index is 12.4. The molecule has 7 heteroatoms. The Hall–Kier alpha value is -3.09. The average Bonchev–Trinajstić information content (AvgIpc) is 2.68. The highest BCUT2D eigenvalue weighted by atomic mass is 16.6. The van der Waals surface area contributed by atoms with E-state index in [9.17, 15) is 14.4 Å². The van der Waals surface area contributed by atoms with E-state index in [0.717, 1.165) is 0 Å². The van der Waals surface area contributed by atoms with Crippen LogP contribution in [0.25, 0.3) is 0 Å². The molecule has 1 aliphatic rings. The zero-order valence-corrected chi connectivity index (χ0v) is 18.0. The Morgan fingerprint density at radius 1 is 1.07 bits per heavy atom. The van der Waals surface area contributed by atoms with Gasteiger partial charge >= 0.3 is 12.1 Å². The van der Waals surface area contributed by atoms with Gasteiger partial charge in [0.25, 0.3) is 0 Å². The number of esters is 1. The lowest BCUT2D eigenvalue weighted by molar-refractivity contribution is -0.111. The fraction of sp³-hybridized carbons (Fsp3) is 0.435. The molecular weight excluding hydrogens is 384 g/mol. The number of rotatable bonds is 5. The molecule has 0 unspecified atom stereocenters. The first-order valence-electron chi connectivity index (χ1n) is 10.1. The van der Waals surface area contributed by atoms with E-state index < -0.39 is 11.6 Å². The predicted molar refractivity (Wildman–Crippen MR) is 115 cm³/mol. The third-order valence-electron chi connectivity index (χ3n) is 4.31. The average molecular weight is 415 g/mol. The van der Waals surface area contributed by atoms with Crippen LogP contribution in [-0.4, -0.2) is 47.7 Å². The molecule has 1 aromatic rings. The number of benzene rings is 1. The van der Waals surface area contributed by atoms with Crippen molar-refractivity contribution in [2.24, 2.45) is 0 Å². The molecular formula is C23H30N2O5. The largest absolute Gasteiger partial charge is 0.459 e. The topological polar surface area (TPSA) is 84.9 Å². The molecule has 2 amide bonds. The van der Waals surface area contributed by atoms with E-state index in [4.69, 9.17) is 9.47 Å². The van der Waals surface area contributed by atoms with Gasteiger partial charge in [-0.2, -0.15) is 0 Å². The monoisotopic (exact) mass is 414 g/mol. The Bertz CT molecular complexity index is 798. The van der Waals surface area contributed by atoms with Gasteiger partial charge in [-0.05, 0) is 52.0 Å². The van der Waals surface area contributed by atoms with Gasteiger partial charge in [-0.25, -0.2) is 9.59 Å². The van der Waals surface area contributed by atoms with Crippen molar-refractivity contribution in [3.8, 4) is 0 Å². The van der Waals surface area contributed by atoms with E-state index in [2.05, 4.69) is 5.32 Å². The van der Waals surface area contributed by atoms with Crippen molar-refractivity contribution in [2.75, 3.05) is 18.4 Å². The van der Waals surface area contributed by atoms with Crippen molar-refractivity contribution in [3.05, 3.63) is 54.1 Å². The van der Waals surface area contributed by atoms with Gasteiger partial charge < -0.3 is 19.7 Å². The summed E-state index contributed by atoms with van der Waals surface area (Å²) in [5, 5.41) is 2.72. The Kier molecular flexibility index (Phi) is 8.21. The minimum atomic E-state index is -0.533.